The van der Waals surface area contributed by atoms with E-state index in [9.17, 15) is 0 Å². The molecular formula is C53H34N6. The van der Waals surface area contributed by atoms with Crippen LogP contribution < -0.4 is 0 Å². The highest BCUT2D eigenvalue weighted by atomic mass is 15.1. The topological polar surface area (TPSA) is 53.5 Å². The smallest absolute Gasteiger partial charge is 0.145 e. The third-order valence-electron chi connectivity index (χ3n) is 11.6. The Hall–Kier alpha value is -8.09. The Morgan fingerprint density at radius 3 is 1.53 bits per heavy atom. The zero-order valence-electron chi connectivity index (χ0n) is 31.8. The monoisotopic (exact) mass is 754 g/mol. The summed E-state index contributed by atoms with van der Waals surface area (Å²) in [5.74, 6) is 0.872. The van der Waals surface area contributed by atoms with E-state index in [2.05, 4.69) is 206 Å². The van der Waals surface area contributed by atoms with Crippen LogP contribution in [0, 0.1) is 0 Å². The largest absolute Gasteiger partial charge is 0.309 e. The number of imidazole rings is 1. The SMILES string of the molecule is c1ccc(-n2c3ccccc3c3cc(-c4ccc5c(c4)c4ccccc4n5-c4ccc(-n5c(-c6cccc(-c7cnccn7)c6)nc6ccccc65)cc4)ccc32)cc1. The van der Waals surface area contributed by atoms with Crippen LogP contribution in [0.3, 0.4) is 0 Å². The quantitative estimate of drug-likeness (QED) is 0.170. The van der Waals surface area contributed by atoms with Crippen LogP contribution in [0.1, 0.15) is 0 Å². The van der Waals surface area contributed by atoms with Crippen molar-refractivity contribution >= 4 is 54.6 Å². The molecule has 0 aliphatic rings. The second-order valence-corrected chi connectivity index (χ2v) is 15.0. The minimum absolute atomic E-state index is 0.827. The third kappa shape index (κ3) is 5.31. The van der Waals surface area contributed by atoms with E-state index in [4.69, 9.17) is 4.98 Å². The van der Waals surface area contributed by atoms with Gasteiger partial charge in [0.15, 0.2) is 0 Å². The summed E-state index contributed by atoms with van der Waals surface area (Å²) in [7, 11) is 0. The molecule has 0 bridgehead atoms. The van der Waals surface area contributed by atoms with Gasteiger partial charge in [-0.05, 0) is 102 Å². The molecular weight excluding hydrogens is 721 g/mol. The molecule has 4 heterocycles. The molecule has 0 spiro atoms. The molecule has 0 aliphatic heterocycles. The summed E-state index contributed by atoms with van der Waals surface area (Å²) >= 11 is 0. The molecule has 8 aromatic carbocycles. The predicted octanol–water partition coefficient (Wildman–Crippen LogP) is 13.0. The van der Waals surface area contributed by atoms with Crippen molar-refractivity contribution in [3.8, 4) is 50.8 Å². The summed E-state index contributed by atoms with van der Waals surface area (Å²) in [6, 6.07) is 67.4. The molecule has 0 saturated heterocycles. The first kappa shape index (κ1) is 33.1. The zero-order chi connectivity index (χ0) is 38.9. The maximum Gasteiger partial charge on any atom is 0.145 e. The predicted molar refractivity (Wildman–Crippen MR) is 242 cm³/mol. The van der Waals surface area contributed by atoms with Gasteiger partial charge >= 0.3 is 0 Å². The van der Waals surface area contributed by atoms with Crippen LogP contribution in [0.15, 0.2) is 207 Å². The molecule has 12 rings (SSSR count). The van der Waals surface area contributed by atoms with Gasteiger partial charge in [-0.25, -0.2) is 4.98 Å². The molecule has 0 saturated carbocycles. The molecule has 0 aliphatic carbocycles. The van der Waals surface area contributed by atoms with Crippen molar-refractivity contribution in [1.82, 2.24) is 28.7 Å². The van der Waals surface area contributed by atoms with Crippen molar-refractivity contribution in [3.63, 3.8) is 0 Å². The maximum atomic E-state index is 5.15. The minimum atomic E-state index is 0.827. The van der Waals surface area contributed by atoms with Crippen LogP contribution >= 0.6 is 0 Å². The third-order valence-corrected chi connectivity index (χ3v) is 11.6. The normalized spacial score (nSPS) is 11.7. The Balaban J connectivity index is 0.963. The van der Waals surface area contributed by atoms with Gasteiger partial charge in [-0.2, -0.15) is 0 Å². The van der Waals surface area contributed by atoms with Gasteiger partial charge in [-0.15, -0.1) is 0 Å². The van der Waals surface area contributed by atoms with Gasteiger partial charge in [0.05, 0.1) is 45.0 Å². The van der Waals surface area contributed by atoms with Crippen molar-refractivity contribution in [2.24, 2.45) is 0 Å². The first-order valence-electron chi connectivity index (χ1n) is 19.8. The number of nitrogens with zero attached hydrogens (tertiary/aromatic N) is 6. The Morgan fingerprint density at radius 1 is 0.339 bits per heavy atom. The van der Waals surface area contributed by atoms with E-state index in [-0.39, 0.29) is 0 Å². The molecule has 276 valence electrons. The van der Waals surface area contributed by atoms with E-state index in [1.807, 2.05) is 6.07 Å². The van der Waals surface area contributed by atoms with Crippen molar-refractivity contribution < 1.29 is 0 Å². The summed E-state index contributed by atoms with van der Waals surface area (Å²) in [4.78, 5) is 14.0. The van der Waals surface area contributed by atoms with E-state index in [1.54, 1.807) is 18.6 Å². The summed E-state index contributed by atoms with van der Waals surface area (Å²) in [5.41, 5.74) is 15.2. The molecule has 0 N–H and O–H groups in total. The molecule has 12 aromatic rings. The average molecular weight is 755 g/mol. The van der Waals surface area contributed by atoms with Gasteiger partial charge in [-0.1, -0.05) is 97.1 Å². The van der Waals surface area contributed by atoms with E-state index >= 15 is 0 Å². The van der Waals surface area contributed by atoms with Crippen molar-refractivity contribution in [2.45, 2.75) is 0 Å². The number of hydrogen-bond acceptors (Lipinski definition) is 3. The van der Waals surface area contributed by atoms with Crippen LogP contribution in [0.25, 0.3) is 105 Å². The van der Waals surface area contributed by atoms with Gasteiger partial charge in [0, 0.05) is 62.1 Å². The van der Waals surface area contributed by atoms with Gasteiger partial charge in [-0.3, -0.25) is 14.5 Å². The second-order valence-electron chi connectivity index (χ2n) is 15.0. The lowest BCUT2D eigenvalue weighted by molar-refractivity contribution is 1.09. The highest BCUT2D eigenvalue weighted by Crippen LogP contribution is 2.39. The molecule has 0 amide bonds. The van der Waals surface area contributed by atoms with Crippen molar-refractivity contribution in [2.75, 3.05) is 0 Å². The summed E-state index contributed by atoms with van der Waals surface area (Å²) < 4.78 is 7.00. The number of para-hydroxylation sites is 5. The molecule has 0 atom stereocenters. The number of benzene rings is 8. The molecule has 4 aromatic heterocycles. The number of rotatable bonds is 6. The summed E-state index contributed by atoms with van der Waals surface area (Å²) in [5, 5.41) is 4.94. The summed E-state index contributed by atoms with van der Waals surface area (Å²) in [6.45, 7) is 0. The van der Waals surface area contributed by atoms with Gasteiger partial charge in [0.25, 0.3) is 0 Å². The Bertz CT molecular complexity index is 3540. The van der Waals surface area contributed by atoms with E-state index in [0.29, 0.717) is 0 Å². The first-order chi connectivity index (χ1) is 29.3. The number of fused-ring (bicyclic) bond motifs is 7. The van der Waals surface area contributed by atoms with Gasteiger partial charge in [0.1, 0.15) is 5.82 Å². The number of hydrogen-bond donors (Lipinski definition) is 0. The Morgan fingerprint density at radius 2 is 0.881 bits per heavy atom. The minimum Gasteiger partial charge on any atom is -0.309 e. The molecule has 6 heteroatoms. The van der Waals surface area contributed by atoms with Crippen molar-refractivity contribution in [1.29, 1.82) is 0 Å². The standard InChI is InChI=1S/C53H34N6/c1-2-13-39(14-3-1)57-48-18-7-4-15-42(48)44-32-35(21-27-50(44)57)36-22-28-51-45(33-36)43-16-5-8-19-49(43)58(51)40-23-25-41(26-24-40)59-52-20-9-6-17-46(52)56-53(59)38-12-10-11-37(31-38)47-34-54-29-30-55-47/h1-34H. The molecule has 59 heavy (non-hydrogen) atoms. The lowest BCUT2D eigenvalue weighted by Crippen LogP contribution is -1.99. The fourth-order valence-corrected chi connectivity index (χ4v) is 8.94. The fourth-order valence-electron chi connectivity index (χ4n) is 8.94. The first-order valence-corrected chi connectivity index (χ1v) is 19.8. The van der Waals surface area contributed by atoms with Crippen LogP contribution in [0.5, 0.6) is 0 Å². The van der Waals surface area contributed by atoms with Crippen LogP contribution in [0.2, 0.25) is 0 Å². The van der Waals surface area contributed by atoms with Crippen molar-refractivity contribution in [3.05, 3.63) is 207 Å². The maximum absolute atomic E-state index is 5.15. The molecule has 0 fully saturated rings. The van der Waals surface area contributed by atoms with Crippen LogP contribution in [0.4, 0.5) is 0 Å². The summed E-state index contributed by atoms with van der Waals surface area (Å²) in [6.07, 6.45) is 5.21. The van der Waals surface area contributed by atoms with Crippen LogP contribution in [-0.4, -0.2) is 28.7 Å². The Kier molecular flexibility index (Phi) is 7.43. The van der Waals surface area contributed by atoms with Gasteiger partial charge < -0.3 is 9.13 Å². The van der Waals surface area contributed by atoms with E-state index in [1.165, 1.54) is 54.7 Å². The highest BCUT2D eigenvalue weighted by Gasteiger charge is 2.18. The molecule has 0 radical (unpaired) electrons. The number of aromatic nitrogens is 6. The highest BCUT2D eigenvalue weighted by molar-refractivity contribution is 6.12. The lowest BCUT2D eigenvalue weighted by atomic mass is 10.0. The molecule has 6 nitrogen and oxygen atoms in total. The average Bonchev–Trinajstić information content (AvgIpc) is 3.97. The second kappa shape index (κ2) is 13.3. The zero-order valence-corrected chi connectivity index (χ0v) is 31.8. The molecule has 0 unspecified atom stereocenters. The van der Waals surface area contributed by atoms with E-state index in [0.717, 1.165) is 50.7 Å². The van der Waals surface area contributed by atoms with E-state index < -0.39 is 0 Å². The Labute approximate surface area is 339 Å². The fraction of sp³-hybridized carbons (Fsp3) is 0. The van der Waals surface area contributed by atoms with Gasteiger partial charge in [0.2, 0.25) is 0 Å². The lowest BCUT2D eigenvalue weighted by Gasteiger charge is -2.13. The van der Waals surface area contributed by atoms with Crippen LogP contribution in [-0.2, 0) is 0 Å².